The second-order valence-electron chi connectivity index (χ2n) is 3.72. The quantitative estimate of drug-likeness (QED) is 0.702. The number of carbonyl (C=O) groups excluding carboxylic acids is 1. The Morgan fingerprint density at radius 3 is 2.87 bits per heavy atom. The zero-order chi connectivity index (χ0) is 11.0. The Bertz CT molecular complexity index is 461. The third-order valence-electron chi connectivity index (χ3n) is 2.68. The first-order chi connectivity index (χ1) is 7.13. The highest BCUT2D eigenvalue weighted by molar-refractivity contribution is 6.00. The molecule has 0 saturated carbocycles. The number of esters is 1. The molecule has 0 aromatic heterocycles. The molecule has 0 amide bonds. The standard InChI is InChI=1S/C12H13NO2/c1-7-3-4-8-6-10(12(14)15-2)11(13)9(8)5-7/h3-5H,6,13H2,1-2H3. The molecule has 2 rings (SSSR count). The van der Waals surface area contributed by atoms with E-state index in [2.05, 4.69) is 4.74 Å². The highest BCUT2D eigenvalue weighted by Gasteiger charge is 2.24. The number of hydrogen-bond acceptors (Lipinski definition) is 3. The molecule has 0 radical (unpaired) electrons. The molecule has 0 spiro atoms. The van der Waals surface area contributed by atoms with E-state index in [1.165, 1.54) is 7.11 Å². The maximum atomic E-state index is 11.4. The van der Waals surface area contributed by atoms with Gasteiger partial charge in [0.25, 0.3) is 0 Å². The van der Waals surface area contributed by atoms with Crippen LogP contribution in [0.4, 0.5) is 0 Å². The summed E-state index contributed by atoms with van der Waals surface area (Å²) in [6, 6.07) is 6.03. The van der Waals surface area contributed by atoms with Crippen molar-refractivity contribution in [3.8, 4) is 0 Å². The second-order valence-corrected chi connectivity index (χ2v) is 3.72. The van der Waals surface area contributed by atoms with Crippen molar-refractivity contribution in [2.24, 2.45) is 5.73 Å². The molecule has 0 aliphatic heterocycles. The number of fused-ring (bicyclic) bond motifs is 1. The van der Waals surface area contributed by atoms with Gasteiger partial charge < -0.3 is 10.5 Å². The lowest BCUT2D eigenvalue weighted by atomic mass is 10.1. The van der Waals surface area contributed by atoms with Gasteiger partial charge in [0.05, 0.1) is 12.7 Å². The first-order valence-corrected chi connectivity index (χ1v) is 4.80. The summed E-state index contributed by atoms with van der Waals surface area (Å²) in [7, 11) is 1.37. The van der Waals surface area contributed by atoms with Gasteiger partial charge in [-0.25, -0.2) is 4.79 Å². The van der Waals surface area contributed by atoms with Gasteiger partial charge in [-0.1, -0.05) is 17.7 Å². The molecule has 1 aromatic carbocycles. The first-order valence-electron chi connectivity index (χ1n) is 4.80. The predicted octanol–water partition coefficient (Wildman–Crippen LogP) is 1.39. The van der Waals surface area contributed by atoms with Crippen molar-refractivity contribution in [3.63, 3.8) is 0 Å². The average molecular weight is 203 g/mol. The molecule has 1 aliphatic carbocycles. The van der Waals surface area contributed by atoms with E-state index in [0.717, 1.165) is 16.7 Å². The summed E-state index contributed by atoms with van der Waals surface area (Å²) in [5.74, 6) is -0.332. The minimum atomic E-state index is -0.332. The summed E-state index contributed by atoms with van der Waals surface area (Å²) in [6.07, 6.45) is 0.578. The van der Waals surface area contributed by atoms with Crippen LogP contribution in [0.1, 0.15) is 16.7 Å². The molecule has 15 heavy (non-hydrogen) atoms. The normalized spacial score (nSPS) is 14.0. The van der Waals surface area contributed by atoms with Crippen LogP contribution in [0.25, 0.3) is 5.70 Å². The van der Waals surface area contributed by atoms with Crippen LogP contribution >= 0.6 is 0 Å². The molecular formula is C12H13NO2. The lowest BCUT2D eigenvalue weighted by Crippen LogP contribution is -2.08. The second kappa shape index (κ2) is 3.42. The van der Waals surface area contributed by atoms with Crippen molar-refractivity contribution in [2.45, 2.75) is 13.3 Å². The summed E-state index contributed by atoms with van der Waals surface area (Å²) < 4.78 is 4.69. The molecule has 3 heteroatoms. The van der Waals surface area contributed by atoms with Crippen LogP contribution in [-0.2, 0) is 16.0 Å². The fourth-order valence-corrected chi connectivity index (χ4v) is 1.85. The van der Waals surface area contributed by atoms with Crippen LogP contribution in [0.5, 0.6) is 0 Å². The first kappa shape index (κ1) is 9.77. The minimum Gasteiger partial charge on any atom is -0.466 e. The molecule has 78 valence electrons. The van der Waals surface area contributed by atoms with Gasteiger partial charge in [0.15, 0.2) is 0 Å². The SMILES string of the molecule is COC(=O)C1=C(N)c2cc(C)ccc2C1. The molecule has 0 fully saturated rings. The molecule has 0 heterocycles. The van der Waals surface area contributed by atoms with E-state index in [0.29, 0.717) is 17.7 Å². The van der Waals surface area contributed by atoms with Crippen LogP contribution in [0, 0.1) is 6.92 Å². The van der Waals surface area contributed by atoms with Crippen molar-refractivity contribution >= 4 is 11.7 Å². The molecule has 3 nitrogen and oxygen atoms in total. The number of methoxy groups -OCH3 is 1. The van der Waals surface area contributed by atoms with Crippen LogP contribution in [-0.4, -0.2) is 13.1 Å². The van der Waals surface area contributed by atoms with Gasteiger partial charge in [0, 0.05) is 17.7 Å². The fraction of sp³-hybridized carbons (Fsp3) is 0.250. The van der Waals surface area contributed by atoms with E-state index in [-0.39, 0.29) is 5.97 Å². The Balaban J connectivity index is 2.47. The molecule has 0 saturated heterocycles. The van der Waals surface area contributed by atoms with Gasteiger partial charge in [-0.15, -0.1) is 0 Å². The Kier molecular flexibility index (Phi) is 2.23. The highest BCUT2D eigenvalue weighted by Crippen LogP contribution is 2.30. The maximum Gasteiger partial charge on any atom is 0.336 e. The third-order valence-corrected chi connectivity index (χ3v) is 2.68. The number of benzene rings is 1. The van der Waals surface area contributed by atoms with Crippen LogP contribution in [0.15, 0.2) is 23.8 Å². The number of aryl methyl sites for hydroxylation is 1. The number of rotatable bonds is 1. The predicted molar refractivity (Wildman–Crippen MR) is 58.0 cm³/mol. The van der Waals surface area contributed by atoms with Gasteiger partial charge in [-0.3, -0.25) is 0 Å². The maximum absolute atomic E-state index is 11.4. The molecule has 0 bridgehead atoms. The van der Waals surface area contributed by atoms with Crippen molar-refractivity contribution in [1.29, 1.82) is 0 Å². The van der Waals surface area contributed by atoms with E-state index >= 15 is 0 Å². The molecule has 1 aromatic rings. The van der Waals surface area contributed by atoms with Crippen LogP contribution in [0.2, 0.25) is 0 Å². The summed E-state index contributed by atoms with van der Waals surface area (Å²) in [4.78, 5) is 11.4. The number of hydrogen-bond donors (Lipinski definition) is 1. The molecule has 0 unspecified atom stereocenters. The number of nitrogens with two attached hydrogens (primary N) is 1. The van der Waals surface area contributed by atoms with Crippen LogP contribution < -0.4 is 5.73 Å². The van der Waals surface area contributed by atoms with Crippen molar-refractivity contribution in [1.82, 2.24) is 0 Å². The van der Waals surface area contributed by atoms with Gasteiger partial charge in [-0.05, 0) is 18.6 Å². The lowest BCUT2D eigenvalue weighted by Gasteiger charge is -2.01. The van der Waals surface area contributed by atoms with E-state index in [1.54, 1.807) is 0 Å². The topological polar surface area (TPSA) is 52.3 Å². The molecule has 0 atom stereocenters. The smallest absolute Gasteiger partial charge is 0.336 e. The van der Waals surface area contributed by atoms with Crippen molar-refractivity contribution in [2.75, 3.05) is 7.11 Å². The van der Waals surface area contributed by atoms with Crippen molar-refractivity contribution in [3.05, 3.63) is 40.5 Å². The Labute approximate surface area is 88.5 Å². The summed E-state index contributed by atoms with van der Waals surface area (Å²) in [6.45, 7) is 2.00. The zero-order valence-electron chi connectivity index (χ0n) is 8.83. The van der Waals surface area contributed by atoms with E-state index < -0.39 is 0 Å². The van der Waals surface area contributed by atoms with E-state index in [1.807, 2.05) is 25.1 Å². The van der Waals surface area contributed by atoms with Gasteiger partial charge in [0.2, 0.25) is 0 Å². The van der Waals surface area contributed by atoms with Crippen molar-refractivity contribution < 1.29 is 9.53 Å². The fourth-order valence-electron chi connectivity index (χ4n) is 1.85. The average Bonchev–Trinajstić information content (AvgIpc) is 2.55. The van der Waals surface area contributed by atoms with Gasteiger partial charge in [-0.2, -0.15) is 0 Å². The largest absolute Gasteiger partial charge is 0.466 e. The highest BCUT2D eigenvalue weighted by atomic mass is 16.5. The monoisotopic (exact) mass is 203 g/mol. The molecular weight excluding hydrogens is 190 g/mol. The van der Waals surface area contributed by atoms with Gasteiger partial charge >= 0.3 is 5.97 Å². The number of ether oxygens (including phenoxy) is 1. The van der Waals surface area contributed by atoms with E-state index in [4.69, 9.17) is 5.73 Å². The summed E-state index contributed by atoms with van der Waals surface area (Å²) in [5, 5.41) is 0. The molecule has 1 aliphatic rings. The lowest BCUT2D eigenvalue weighted by molar-refractivity contribution is -0.136. The molecule has 2 N–H and O–H groups in total. The summed E-state index contributed by atoms with van der Waals surface area (Å²) in [5.41, 5.74) is 10.2. The minimum absolute atomic E-state index is 0.332. The number of carbonyl (C=O) groups is 1. The zero-order valence-corrected chi connectivity index (χ0v) is 8.83. The Morgan fingerprint density at radius 2 is 2.20 bits per heavy atom. The van der Waals surface area contributed by atoms with Gasteiger partial charge in [0.1, 0.15) is 0 Å². The third kappa shape index (κ3) is 1.50. The Hall–Kier alpha value is -1.77. The van der Waals surface area contributed by atoms with E-state index in [9.17, 15) is 4.79 Å². The Morgan fingerprint density at radius 1 is 1.47 bits per heavy atom. The van der Waals surface area contributed by atoms with Crippen LogP contribution in [0.3, 0.4) is 0 Å². The summed E-state index contributed by atoms with van der Waals surface area (Å²) >= 11 is 0.